The van der Waals surface area contributed by atoms with Crippen LogP contribution in [0.2, 0.25) is 0 Å². The number of cyclic esters (lactones) is 1. The lowest BCUT2D eigenvalue weighted by Crippen LogP contribution is -2.67. The minimum absolute atomic E-state index is 0.0164. The van der Waals surface area contributed by atoms with Crippen molar-refractivity contribution in [1.82, 2.24) is 15.3 Å². The number of hydrogen-bond acceptors (Lipinski definition) is 12. The highest BCUT2D eigenvalue weighted by Gasteiger charge is 2.70. The number of aliphatic imine (C=N–C) groups is 2. The van der Waals surface area contributed by atoms with Crippen LogP contribution < -0.4 is 11.1 Å². The molecule has 0 bridgehead atoms. The van der Waals surface area contributed by atoms with Crippen molar-refractivity contribution in [2.45, 2.75) is 70.2 Å². The van der Waals surface area contributed by atoms with Crippen LogP contribution in [0.5, 0.6) is 0 Å². The van der Waals surface area contributed by atoms with Crippen molar-refractivity contribution >= 4 is 35.8 Å². The number of allylic oxidation sites excluding steroid dienone is 1. The number of nitrogens with zero attached hydrogens (tertiary/aromatic N) is 4. The van der Waals surface area contributed by atoms with E-state index < -0.39 is 29.1 Å². The number of fused-ring (bicyclic) bond motifs is 1. The van der Waals surface area contributed by atoms with Crippen LogP contribution in [0.1, 0.15) is 52.0 Å². The Morgan fingerprint density at radius 1 is 1.30 bits per heavy atom. The molecular formula is C32H40N6O6. The molecular weight excluding hydrogens is 564 g/mol. The number of epoxide rings is 1. The predicted octanol–water partition coefficient (Wildman–Crippen LogP) is 1.79. The number of hydrogen-bond donors (Lipinski definition) is 4. The number of nitrogens with two attached hydrogens (primary N) is 1. The molecule has 5 unspecified atom stereocenters. The molecule has 4 heterocycles. The Morgan fingerprint density at radius 2 is 2.05 bits per heavy atom. The van der Waals surface area contributed by atoms with Crippen molar-refractivity contribution in [3.8, 4) is 0 Å². The molecule has 5 aliphatic rings. The number of carbonyl (C=O) groups excluding carboxylic acids is 2. The van der Waals surface area contributed by atoms with Gasteiger partial charge >= 0.3 is 5.97 Å². The van der Waals surface area contributed by atoms with Gasteiger partial charge < -0.3 is 30.7 Å². The lowest BCUT2D eigenvalue weighted by atomic mass is 9.44. The van der Waals surface area contributed by atoms with E-state index in [2.05, 4.69) is 32.2 Å². The van der Waals surface area contributed by atoms with Crippen molar-refractivity contribution in [1.29, 1.82) is 0 Å². The zero-order valence-electron chi connectivity index (χ0n) is 25.3. The fraction of sp³-hybridized carbons (Fsp3) is 0.562. The molecule has 1 aromatic rings. The van der Waals surface area contributed by atoms with Crippen LogP contribution in [-0.4, -0.2) is 87.5 Å². The topological polar surface area (TPSA) is 185 Å². The monoisotopic (exact) mass is 604 g/mol. The Balaban J connectivity index is 1.30. The van der Waals surface area contributed by atoms with Crippen LogP contribution in [0, 0.1) is 22.7 Å². The molecule has 234 valence electrons. The van der Waals surface area contributed by atoms with Crippen LogP contribution in [0.25, 0.3) is 6.08 Å². The lowest BCUT2D eigenvalue weighted by molar-refractivity contribution is -0.174. The summed E-state index contributed by atoms with van der Waals surface area (Å²) in [6, 6.07) is -0.718. The van der Waals surface area contributed by atoms with Gasteiger partial charge in [0.15, 0.2) is 5.78 Å². The average molecular weight is 605 g/mol. The second-order valence-electron chi connectivity index (χ2n) is 13.2. The maximum atomic E-state index is 13.2. The largest absolute Gasteiger partial charge is 0.423 e. The normalized spacial score (nSPS) is 37.7. The second-order valence-corrected chi connectivity index (χ2v) is 13.2. The van der Waals surface area contributed by atoms with Crippen molar-refractivity contribution in [3.63, 3.8) is 0 Å². The summed E-state index contributed by atoms with van der Waals surface area (Å²) in [7, 11) is 0. The first-order valence-corrected chi connectivity index (χ1v) is 15.2. The molecule has 2 saturated carbocycles. The summed E-state index contributed by atoms with van der Waals surface area (Å²) < 4.78 is 11.8. The van der Waals surface area contributed by atoms with E-state index in [1.54, 1.807) is 36.8 Å². The number of Topliss-reactive ketones (excluding diaryl/α,β-unsaturated/α-hetero) is 1. The van der Waals surface area contributed by atoms with Crippen molar-refractivity contribution in [2.24, 2.45) is 32.7 Å². The quantitative estimate of drug-likeness (QED) is 0.239. The number of aromatic nitrogens is 2. The van der Waals surface area contributed by atoms with E-state index in [1.165, 1.54) is 0 Å². The Bertz CT molecular complexity index is 1480. The Kier molecular flexibility index (Phi) is 7.89. The van der Waals surface area contributed by atoms with Crippen LogP contribution in [0.3, 0.4) is 0 Å². The van der Waals surface area contributed by atoms with Gasteiger partial charge in [-0.2, -0.15) is 0 Å². The Hall–Kier alpha value is -3.58. The maximum Gasteiger partial charge on any atom is 0.343 e. The molecule has 1 spiro atoms. The Labute approximate surface area is 256 Å². The van der Waals surface area contributed by atoms with Gasteiger partial charge in [0.2, 0.25) is 5.95 Å². The van der Waals surface area contributed by atoms with E-state index in [4.69, 9.17) is 15.2 Å². The van der Waals surface area contributed by atoms with Crippen molar-refractivity contribution in [3.05, 3.63) is 47.5 Å². The zero-order valence-corrected chi connectivity index (χ0v) is 25.3. The summed E-state index contributed by atoms with van der Waals surface area (Å²) in [6.07, 6.45) is 13.3. The third-order valence-electron chi connectivity index (χ3n) is 10.5. The van der Waals surface area contributed by atoms with E-state index in [-0.39, 0.29) is 48.1 Å². The average Bonchev–Trinajstić information content (AvgIpc) is 3.45. The van der Waals surface area contributed by atoms with Crippen LogP contribution in [0.4, 0.5) is 5.95 Å². The van der Waals surface area contributed by atoms with Gasteiger partial charge in [-0.3, -0.25) is 9.79 Å². The molecule has 0 aromatic carbocycles. The molecule has 2 aliphatic carbocycles. The number of nitrogens with one attached hydrogen (secondary N) is 1. The van der Waals surface area contributed by atoms with Gasteiger partial charge in [-0.1, -0.05) is 26.0 Å². The van der Waals surface area contributed by atoms with E-state index in [1.807, 2.05) is 19.9 Å². The van der Waals surface area contributed by atoms with Crippen molar-refractivity contribution in [2.75, 3.05) is 25.5 Å². The molecule has 3 aliphatic heterocycles. The van der Waals surface area contributed by atoms with Gasteiger partial charge in [-0.05, 0) is 49.7 Å². The fourth-order valence-electron chi connectivity index (χ4n) is 7.85. The number of aliphatic hydroxyl groups excluding tert-OH is 2. The van der Waals surface area contributed by atoms with E-state index in [0.29, 0.717) is 48.7 Å². The highest BCUT2D eigenvalue weighted by molar-refractivity contribution is 6.07. The molecule has 12 heteroatoms. The predicted molar refractivity (Wildman–Crippen MR) is 163 cm³/mol. The first-order chi connectivity index (χ1) is 21.0. The first-order valence-electron chi connectivity index (χ1n) is 15.2. The standard InChI is InChI=1S/C32H40N6O6/c1-18(22(40)12-27-34-8-9-35-27)38-25-13-24-30(2,7-6-26(41)31(24,3)16-39)23(32(25)17-43-32)5-4-20-11-21(44-28(20)42)10-19-14-36-29(33)37-15-19/h4-5,8,10-11,14-15,18,23-26,38-39,41H,6-7,9,12-13,16-17H2,1-3H3,(H2,33,36,37)/b5-4+,21-10+/t18?,23?,24?,25?,26-,30-,31+,32?/m1/s1. The summed E-state index contributed by atoms with van der Waals surface area (Å²) in [6.45, 7) is 6.81. The molecule has 44 heavy (non-hydrogen) atoms. The molecule has 0 radical (unpaired) electrons. The summed E-state index contributed by atoms with van der Waals surface area (Å²) in [5.41, 5.74) is 4.89. The van der Waals surface area contributed by atoms with Gasteiger partial charge in [0.05, 0.1) is 43.9 Å². The molecule has 0 amide bonds. The number of ketones is 1. The number of carbonyl (C=O) groups is 2. The molecule has 3 fully saturated rings. The molecule has 6 rings (SSSR count). The van der Waals surface area contributed by atoms with Gasteiger partial charge in [0.1, 0.15) is 17.2 Å². The number of aliphatic hydroxyl groups is 2. The fourth-order valence-corrected chi connectivity index (χ4v) is 7.85. The van der Waals surface area contributed by atoms with E-state index >= 15 is 0 Å². The number of rotatable bonds is 9. The minimum atomic E-state index is -0.751. The molecule has 1 aromatic heterocycles. The summed E-state index contributed by atoms with van der Waals surface area (Å²) in [5, 5.41) is 25.3. The molecule has 12 nitrogen and oxygen atoms in total. The van der Waals surface area contributed by atoms with Crippen LogP contribution >= 0.6 is 0 Å². The number of ether oxygens (including phenoxy) is 2. The SMILES string of the molecule is CC(NC1CC2[C@](C)(CC[C@@H](O)[C@@]2(C)CO)C(/C=C/C2=CC(=C\c3cnc(N)nc3)/OC2=O)C12CO2)C(=O)CC1=NCC=N1. The van der Waals surface area contributed by atoms with Gasteiger partial charge in [0.25, 0.3) is 0 Å². The second kappa shape index (κ2) is 11.4. The first kappa shape index (κ1) is 30.4. The summed E-state index contributed by atoms with van der Waals surface area (Å²) in [5.74, 6) is 0.294. The lowest BCUT2D eigenvalue weighted by Gasteiger charge is -2.62. The highest BCUT2D eigenvalue weighted by Crippen LogP contribution is 2.65. The van der Waals surface area contributed by atoms with Crippen molar-refractivity contribution < 1.29 is 29.3 Å². The summed E-state index contributed by atoms with van der Waals surface area (Å²) >= 11 is 0. The highest BCUT2D eigenvalue weighted by atomic mass is 16.6. The minimum Gasteiger partial charge on any atom is -0.423 e. The number of esters is 1. The summed E-state index contributed by atoms with van der Waals surface area (Å²) in [4.78, 5) is 42.4. The van der Waals surface area contributed by atoms with E-state index in [0.717, 1.165) is 6.42 Å². The molecule has 8 atom stereocenters. The number of anilines is 1. The van der Waals surface area contributed by atoms with Crippen LogP contribution in [0.15, 0.2) is 51.9 Å². The smallest absolute Gasteiger partial charge is 0.343 e. The number of nitrogen functional groups attached to an aromatic ring is 1. The van der Waals surface area contributed by atoms with Crippen LogP contribution in [-0.2, 0) is 19.1 Å². The maximum absolute atomic E-state index is 13.2. The van der Waals surface area contributed by atoms with Gasteiger partial charge in [-0.15, -0.1) is 0 Å². The zero-order chi connectivity index (χ0) is 31.3. The van der Waals surface area contributed by atoms with E-state index in [9.17, 15) is 19.8 Å². The number of amidine groups is 1. The van der Waals surface area contributed by atoms with Gasteiger partial charge in [0, 0.05) is 41.5 Å². The third-order valence-corrected chi connectivity index (χ3v) is 10.5. The molecule has 5 N–H and O–H groups in total. The van der Waals surface area contributed by atoms with Gasteiger partial charge in [-0.25, -0.2) is 19.8 Å². The Morgan fingerprint density at radius 3 is 2.70 bits per heavy atom. The molecule has 1 saturated heterocycles. The third kappa shape index (κ3) is 5.33.